The van der Waals surface area contributed by atoms with Gasteiger partial charge in [0, 0.05) is 19.1 Å². The molecule has 1 aliphatic rings. The summed E-state index contributed by atoms with van der Waals surface area (Å²) in [7, 11) is 0. The Morgan fingerprint density at radius 2 is 2.05 bits per heavy atom. The first-order chi connectivity index (χ1) is 9.69. The zero-order valence-corrected chi connectivity index (χ0v) is 11.7. The van der Waals surface area contributed by atoms with Crippen molar-refractivity contribution in [3.63, 3.8) is 0 Å². The molecular weight excluding hydrogens is 257 g/mol. The van der Waals surface area contributed by atoms with Crippen molar-refractivity contribution in [3.05, 3.63) is 35.6 Å². The van der Waals surface area contributed by atoms with E-state index >= 15 is 0 Å². The number of aliphatic hydroxyl groups is 1. The lowest BCUT2D eigenvalue weighted by Gasteiger charge is -2.34. The van der Waals surface area contributed by atoms with Crippen LogP contribution in [0.4, 0.5) is 4.39 Å². The fourth-order valence-corrected chi connectivity index (χ4v) is 2.86. The van der Waals surface area contributed by atoms with Crippen molar-refractivity contribution in [2.24, 2.45) is 0 Å². The van der Waals surface area contributed by atoms with Crippen LogP contribution < -0.4 is 0 Å². The molecule has 0 aromatic heterocycles. The van der Waals surface area contributed by atoms with Crippen LogP contribution in [-0.4, -0.2) is 41.5 Å². The van der Waals surface area contributed by atoms with Crippen molar-refractivity contribution in [1.82, 2.24) is 4.90 Å². The number of halogens is 1. The highest BCUT2D eigenvalue weighted by Crippen LogP contribution is 2.19. The van der Waals surface area contributed by atoms with Gasteiger partial charge in [-0.05, 0) is 43.5 Å². The van der Waals surface area contributed by atoms with Gasteiger partial charge in [-0.3, -0.25) is 9.69 Å². The molecule has 3 nitrogen and oxygen atoms in total. The van der Waals surface area contributed by atoms with E-state index < -0.39 is 0 Å². The fraction of sp³-hybridized carbons (Fsp3) is 0.562. The summed E-state index contributed by atoms with van der Waals surface area (Å²) in [6.07, 6.45) is 4.44. The Morgan fingerprint density at radius 1 is 1.30 bits per heavy atom. The molecule has 0 radical (unpaired) electrons. The maximum absolute atomic E-state index is 12.8. The number of benzene rings is 1. The summed E-state index contributed by atoms with van der Waals surface area (Å²) in [5, 5.41) is 9.08. The van der Waals surface area contributed by atoms with Gasteiger partial charge in [-0.2, -0.15) is 0 Å². The Hall–Kier alpha value is -1.26. The molecule has 1 atom stereocenters. The standard InChI is InChI=1S/C16H22FNO2/c17-14-6-4-13(5-7-14)11-16(20)12-18-9-2-1-3-15(18)8-10-19/h4-7,15,19H,1-3,8-12H2. The van der Waals surface area contributed by atoms with Gasteiger partial charge in [0.05, 0.1) is 6.54 Å². The van der Waals surface area contributed by atoms with Gasteiger partial charge in [0.1, 0.15) is 5.82 Å². The third kappa shape index (κ3) is 4.39. The zero-order valence-electron chi connectivity index (χ0n) is 11.7. The molecule has 0 aliphatic carbocycles. The summed E-state index contributed by atoms with van der Waals surface area (Å²) in [6, 6.07) is 6.42. The van der Waals surface area contributed by atoms with E-state index in [0.717, 1.165) is 31.4 Å². The topological polar surface area (TPSA) is 40.5 Å². The number of ketones is 1. The van der Waals surface area contributed by atoms with Crippen LogP contribution in [0.2, 0.25) is 0 Å². The van der Waals surface area contributed by atoms with Crippen molar-refractivity contribution >= 4 is 5.78 Å². The molecule has 0 bridgehead atoms. The van der Waals surface area contributed by atoms with E-state index in [1.807, 2.05) is 0 Å². The highest BCUT2D eigenvalue weighted by molar-refractivity contribution is 5.82. The lowest BCUT2D eigenvalue weighted by Crippen LogP contribution is -2.43. The molecule has 4 heteroatoms. The van der Waals surface area contributed by atoms with E-state index in [-0.39, 0.29) is 18.2 Å². The fourth-order valence-electron chi connectivity index (χ4n) is 2.86. The molecular formula is C16H22FNO2. The van der Waals surface area contributed by atoms with Crippen molar-refractivity contribution in [2.45, 2.75) is 38.1 Å². The van der Waals surface area contributed by atoms with Gasteiger partial charge >= 0.3 is 0 Å². The van der Waals surface area contributed by atoms with Crippen LogP contribution in [-0.2, 0) is 11.2 Å². The molecule has 110 valence electrons. The van der Waals surface area contributed by atoms with Gasteiger partial charge in [0.2, 0.25) is 0 Å². The third-order valence-electron chi connectivity index (χ3n) is 3.91. The summed E-state index contributed by atoms with van der Waals surface area (Å²) in [4.78, 5) is 14.3. The molecule has 1 saturated heterocycles. The molecule has 20 heavy (non-hydrogen) atoms. The van der Waals surface area contributed by atoms with Gasteiger partial charge in [-0.25, -0.2) is 4.39 Å². The van der Waals surface area contributed by atoms with E-state index in [1.165, 1.54) is 18.6 Å². The second-order valence-corrected chi connectivity index (χ2v) is 5.47. The maximum Gasteiger partial charge on any atom is 0.151 e. The number of hydrogen-bond donors (Lipinski definition) is 1. The molecule has 1 aliphatic heterocycles. The maximum atomic E-state index is 12.8. The lowest BCUT2D eigenvalue weighted by molar-refractivity contribution is -0.120. The number of likely N-dealkylation sites (tertiary alicyclic amines) is 1. The van der Waals surface area contributed by atoms with Gasteiger partial charge in [0.15, 0.2) is 5.78 Å². The number of nitrogens with zero attached hydrogens (tertiary/aromatic N) is 1. The minimum atomic E-state index is -0.278. The molecule has 1 fully saturated rings. The molecule has 1 unspecified atom stereocenters. The van der Waals surface area contributed by atoms with Gasteiger partial charge < -0.3 is 5.11 Å². The van der Waals surface area contributed by atoms with Crippen LogP contribution in [0, 0.1) is 5.82 Å². The molecule has 0 amide bonds. The number of carbonyl (C=O) groups excluding carboxylic acids is 1. The van der Waals surface area contributed by atoms with Gasteiger partial charge in [-0.1, -0.05) is 18.6 Å². The number of carbonyl (C=O) groups is 1. The SMILES string of the molecule is O=C(Cc1ccc(F)cc1)CN1CCCCC1CCO. The molecule has 0 spiro atoms. The summed E-state index contributed by atoms with van der Waals surface area (Å²) < 4.78 is 12.8. The second-order valence-electron chi connectivity index (χ2n) is 5.47. The van der Waals surface area contributed by atoms with E-state index in [2.05, 4.69) is 4.90 Å². The largest absolute Gasteiger partial charge is 0.396 e. The molecule has 1 aromatic rings. The third-order valence-corrected chi connectivity index (χ3v) is 3.91. The first kappa shape index (κ1) is 15.1. The van der Waals surface area contributed by atoms with Crippen molar-refractivity contribution in [1.29, 1.82) is 0 Å². The molecule has 2 rings (SSSR count). The summed E-state index contributed by atoms with van der Waals surface area (Å²) in [5.74, 6) is -0.123. The molecule has 1 aromatic carbocycles. The number of hydrogen-bond acceptors (Lipinski definition) is 3. The lowest BCUT2D eigenvalue weighted by atomic mass is 9.98. The van der Waals surface area contributed by atoms with Crippen molar-refractivity contribution < 1.29 is 14.3 Å². The first-order valence-electron chi connectivity index (χ1n) is 7.30. The Kier molecular flexibility index (Phi) is 5.68. The Labute approximate surface area is 119 Å². The normalized spacial score (nSPS) is 20.0. The highest BCUT2D eigenvalue weighted by Gasteiger charge is 2.23. The predicted molar refractivity (Wildman–Crippen MR) is 76.0 cm³/mol. The molecule has 1 heterocycles. The average molecular weight is 279 g/mol. The van der Waals surface area contributed by atoms with Crippen LogP contribution in [0.25, 0.3) is 0 Å². The van der Waals surface area contributed by atoms with Crippen molar-refractivity contribution in [2.75, 3.05) is 19.7 Å². The minimum Gasteiger partial charge on any atom is -0.396 e. The van der Waals surface area contributed by atoms with E-state index in [9.17, 15) is 9.18 Å². The van der Waals surface area contributed by atoms with Gasteiger partial charge in [-0.15, -0.1) is 0 Å². The van der Waals surface area contributed by atoms with Crippen LogP contribution in [0.3, 0.4) is 0 Å². The van der Waals surface area contributed by atoms with Crippen LogP contribution in [0.1, 0.15) is 31.2 Å². The number of rotatable bonds is 6. The van der Waals surface area contributed by atoms with Crippen LogP contribution >= 0.6 is 0 Å². The predicted octanol–water partition coefficient (Wildman–Crippen LogP) is 2.17. The summed E-state index contributed by atoms with van der Waals surface area (Å²) >= 11 is 0. The Balaban J connectivity index is 1.87. The number of piperidine rings is 1. The Bertz CT molecular complexity index is 431. The molecule has 1 N–H and O–H groups in total. The smallest absolute Gasteiger partial charge is 0.151 e. The number of Topliss-reactive ketones (excluding diaryl/α,β-unsaturated/α-hetero) is 1. The Morgan fingerprint density at radius 3 is 2.75 bits per heavy atom. The second kappa shape index (κ2) is 7.50. The quantitative estimate of drug-likeness (QED) is 0.867. The van der Waals surface area contributed by atoms with E-state index in [4.69, 9.17) is 5.11 Å². The van der Waals surface area contributed by atoms with E-state index in [1.54, 1.807) is 12.1 Å². The summed E-state index contributed by atoms with van der Waals surface area (Å²) in [5.41, 5.74) is 0.854. The number of aliphatic hydroxyl groups excluding tert-OH is 1. The highest BCUT2D eigenvalue weighted by atomic mass is 19.1. The molecule has 0 saturated carbocycles. The zero-order chi connectivity index (χ0) is 14.4. The average Bonchev–Trinajstić information content (AvgIpc) is 2.44. The van der Waals surface area contributed by atoms with Crippen LogP contribution in [0.15, 0.2) is 24.3 Å². The van der Waals surface area contributed by atoms with Crippen LogP contribution in [0.5, 0.6) is 0 Å². The summed E-state index contributed by atoms with van der Waals surface area (Å²) in [6.45, 7) is 1.54. The monoisotopic (exact) mass is 279 g/mol. The van der Waals surface area contributed by atoms with Gasteiger partial charge in [0.25, 0.3) is 0 Å². The van der Waals surface area contributed by atoms with Crippen molar-refractivity contribution in [3.8, 4) is 0 Å². The first-order valence-corrected chi connectivity index (χ1v) is 7.30. The van der Waals surface area contributed by atoms with E-state index in [0.29, 0.717) is 19.0 Å². The minimum absolute atomic E-state index is 0.154.